The van der Waals surface area contributed by atoms with E-state index in [1.165, 1.54) is 4.90 Å². The molecule has 1 atom stereocenters. The van der Waals surface area contributed by atoms with Gasteiger partial charge in [-0.15, -0.1) is 0 Å². The minimum absolute atomic E-state index is 0.0492. The predicted octanol–water partition coefficient (Wildman–Crippen LogP) is 1.84. The monoisotopic (exact) mass is 440 g/mol. The molecule has 8 heteroatoms. The standard InChI is InChI=1S/C24H32N4O4/c29-20(16-18-8-2-1-3-9-18)27-14-6-10-19(17-27)21(30)25-13-7-15-28-22(31)24(26-23(28)32)11-4-5-12-24/h1-3,8-9,19H,4-7,10-17H2,(H,25,30)(H,26,32). The summed E-state index contributed by atoms with van der Waals surface area (Å²) in [5.41, 5.74) is 0.294. The lowest BCUT2D eigenvalue weighted by molar-refractivity contribution is -0.135. The average molecular weight is 441 g/mol. The van der Waals surface area contributed by atoms with Gasteiger partial charge in [0, 0.05) is 26.2 Å². The maximum atomic E-state index is 12.7. The second-order valence-electron chi connectivity index (χ2n) is 9.16. The quantitative estimate of drug-likeness (QED) is 0.499. The van der Waals surface area contributed by atoms with E-state index in [0.717, 1.165) is 31.2 Å². The summed E-state index contributed by atoms with van der Waals surface area (Å²) in [7, 11) is 0. The van der Waals surface area contributed by atoms with Gasteiger partial charge in [0.1, 0.15) is 5.54 Å². The Labute approximate surface area is 188 Å². The number of likely N-dealkylation sites (tertiary alicyclic amines) is 1. The van der Waals surface area contributed by atoms with Gasteiger partial charge < -0.3 is 15.5 Å². The van der Waals surface area contributed by atoms with Crippen LogP contribution in [-0.4, -0.2) is 65.3 Å². The van der Waals surface area contributed by atoms with Gasteiger partial charge in [0.05, 0.1) is 12.3 Å². The maximum Gasteiger partial charge on any atom is 0.325 e. The van der Waals surface area contributed by atoms with Crippen LogP contribution < -0.4 is 10.6 Å². The first-order valence-corrected chi connectivity index (χ1v) is 11.7. The van der Waals surface area contributed by atoms with Crippen LogP contribution in [0.1, 0.15) is 50.5 Å². The lowest BCUT2D eigenvalue weighted by atomic mass is 9.96. The topological polar surface area (TPSA) is 98.8 Å². The van der Waals surface area contributed by atoms with Gasteiger partial charge >= 0.3 is 6.03 Å². The largest absolute Gasteiger partial charge is 0.356 e. The number of carbonyl (C=O) groups excluding carboxylic acids is 4. The number of piperidine rings is 1. The first-order valence-electron chi connectivity index (χ1n) is 11.7. The molecule has 3 aliphatic rings. The summed E-state index contributed by atoms with van der Waals surface area (Å²) in [5, 5.41) is 5.81. The molecule has 5 amide bonds. The van der Waals surface area contributed by atoms with Gasteiger partial charge in [-0.05, 0) is 37.7 Å². The Kier molecular flexibility index (Phi) is 6.77. The van der Waals surface area contributed by atoms with Gasteiger partial charge in [0.15, 0.2) is 0 Å². The molecule has 1 aromatic carbocycles. The molecule has 172 valence electrons. The number of benzene rings is 1. The molecule has 1 aromatic rings. The van der Waals surface area contributed by atoms with Gasteiger partial charge in [-0.3, -0.25) is 19.3 Å². The average Bonchev–Trinajstić information content (AvgIpc) is 3.37. The number of amides is 5. The van der Waals surface area contributed by atoms with Crippen molar-refractivity contribution < 1.29 is 19.2 Å². The van der Waals surface area contributed by atoms with Crippen LogP contribution in [0.3, 0.4) is 0 Å². The number of urea groups is 1. The van der Waals surface area contributed by atoms with Crippen molar-refractivity contribution in [3.63, 3.8) is 0 Å². The van der Waals surface area contributed by atoms with E-state index in [1.807, 2.05) is 30.3 Å². The summed E-state index contributed by atoms with van der Waals surface area (Å²) in [6, 6.07) is 9.32. The van der Waals surface area contributed by atoms with Crippen LogP contribution in [-0.2, 0) is 20.8 Å². The van der Waals surface area contributed by atoms with Crippen LogP contribution in [0.5, 0.6) is 0 Å². The Morgan fingerprint density at radius 2 is 1.84 bits per heavy atom. The highest BCUT2D eigenvalue weighted by Crippen LogP contribution is 2.35. The molecule has 1 saturated carbocycles. The van der Waals surface area contributed by atoms with E-state index in [2.05, 4.69) is 10.6 Å². The van der Waals surface area contributed by atoms with Crippen molar-refractivity contribution >= 4 is 23.8 Å². The summed E-state index contributed by atoms with van der Waals surface area (Å²) in [6.07, 6.45) is 5.79. The first kappa shape index (κ1) is 22.3. The summed E-state index contributed by atoms with van der Waals surface area (Å²) in [5.74, 6) is -0.354. The minimum atomic E-state index is -0.682. The number of rotatable bonds is 7. The highest BCUT2D eigenvalue weighted by molar-refractivity contribution is 6.07. The predicted molar refractivity (Wildman–Crippen MR) is 119 cm³/mol. The number of hydrogen-bond acceptors (Lipinski definition) is 4. The lowest BCUT2D eigenvalue weighted by Crippen LogP contribution is -2.46. The Balaban J connectivity index is 1.20. The smallest absolute Gasteiger partial charge is 0.325 e. The molecule has 1 unspecified atom stereocenters. The summed E-state index contributed by atoms with van der Waals surface area (Å²) < 4.78 is 0. The molecule has 32 heavy (non-hydrogen) atoms. The maximum absolute atomic E-state index is 12.7. The molecular weight excluding hydrogens is 408 g/mol. The van der Waals surface area contributed by atoms with Crippen LogP contribution in [0.4, 0.5) is 4.79 Å². The molecular formula is C24H32N4O4. The Bertz CT molecular complexity index is 866. The van der Waals surface area contributed by atoms with Crippen molar-refractivity contribution in [3.8, 4) is 0 Å². The lowest BCUT2D eigenvalue weighted by Gasteiger charge is -2.32. The van der Waals surface area contributed by atoms with Gasteiger partial charge in [-0.2, -0.15) is 0 Å². The number of hydrogen-bond donors (Lipinski definition) is 2. The fourth-order valence-corrected chi connectivity index (χ4v) is 5.09. The van der Waals surface area contributed by atoms with Crippen LogP contribution >= 0.6 is 0 Å². The molecule has 2 saturated heterocycles. The van der Waals surface area contributed by atoms with Crippen LogP contribution in [0.25, 0.3) is 0 Å². The third-order valence-electron chi connectivity index (χ3n) is 6.90. The molecule has 1 spiro atoms. The van der Waals surface area contributed by atoms with Gasteiger partial charge in [0.25, 0.3) is 5.91 Å². The van der Waals surface area contributed by atoms with Gasteiger partial charge in [-0.25, -0.2) is 4.79 Å². The molecule has 2 aliphatic heterocycles. The summed E-state index contributed by atoms with van der Waals surface area (Å²) in [6.45, 7) is 1.83. The van der Waals surface area contributed by atoms with Crippen molar-refractivity contribution in [2.45, 2.75) is 56.9 Å². The van der Waals surface area contributed by atoms with E-state index < -0.39 is 5.54 Å². The third-order valence-corrected chi connectivity index (χ3v) is 6.90. The highest BCUT2D eigenvalue weighted by Gasteiger charge is 2.52. The fourth-order valence-electron chi connectivity index (χ4n) is 5.09. The zero-order valence-corrected chi connectivity index (χ0v) is 18.5. The number of imide groups is 1. The van der Waals surface area contributed by atoms with E-state index in [4.69, 9.17) is 0 Å². The Morgan fingerprint density at radius 1 is 1.09 bits per heavy atom. The SMILES string of the molecule is O=C(NCCCN1C(=O)NC2(CCCC2)C1=O)C1CCCN(C(=O)Cc2ccccc2)C1. The van der Waals surface area contributed by atoms with Crippen LogP contribution in [0.2, 0.25) is 0 Å². The van der Waals surface area contributed by atoms with Crippen molar-refractivity contribution in [1.29, 1.82) is 0 Å². The molecule has 0 bridgehead atoms. The molecule has 1 aliphatic carbocycles. The zero-order valence-electron chi connectivity index (χ0n) is 18.5. The molecule has 4 rings (SSSR count). The third kappa shape index (κ3) is 4.79. The van der Waals surface area contributed by atoms with Crippen molar-refractivity contribution in [2.24, 2.45) is 5.92 Å². The molecule has 2 N–H and O–H groups in total. The summed E-state index contributed by atoms with van der Waals surface area (Å²) >= 11 is 0. The number of nitrogens with one attached hydrogen (secondary N) is 2. The zero-order chi connectivity index (χ0) is 22.6. The van der Waals surface area contributed by atoms with Crippen LogP contribution in [0, 0.1) is 5.92 Å². The van der Waals surface area contributed by atoms with Crippen molar-refractivity contribution in [3.05, 3.63) is 35.9 Å². The van der Waals surface area contributed by atoms with Crippen molar-refractivity contribution in [2.75, 3.05) is 26.2 Å². The first-order chi connectivity index (χ1) is 15.5. The second-order valence-corrected chi connectivity index (χ2v) is 9.16. The molecule has 2 heterocycles. The van der Waals surface area contributed by atoms with E-state index in [9.17, 15) is 19.2 Å². The van der Waals surface area contributed by atoms with E-state index >= 15 is 0 Å². The highest BCUT2D eigenvalue weighted by atomic mass is 16.2. The molecule has 0 aromatic heterocycles. The molecule has 3 fully saturated rings. The second kappa shape index (κ2) is 9.71. The minimum Gasteiger partial charge on any atom is -0.356 e. The van der Waals surface area contributed by atoms with Crippen molar-refractivity contribution in [1.82, 2.24) is 20.4 Å². The normalized spacial score (nSPS) is 22.3. The molecule has 0 radical (unpaired) electrons. The van der Waals surface area contributed by atoms with Gasteiger partial charge in [0.2, 0.25) is 11.8 Å². The summed E-state index contributed by atoms with van der Waals surface area (Å²) in [4.78, 5) is 53.2. The van der Waals surface area contributed by atoms with E-state index in [-0.39, 0.29) is 29.7 Å². The fraction of sp³-hybridized carbons (Fsp3) is 0.583. The number of carbonyl (C=O) groups is 4. The molecule has 8 nitrogen and oxygen atoms in total. The van der Waals surface area contributed by atoms with E-state index in [1.54, 1.807) is 4.90 Å². The van der Waals surface area contributed by atoms with E-state index in [0.29, 0.717) is 51.9 Å². The van der Waals surface area contributed by atoms with Gasteiger partial charge in [-0.1, -0.05) is 43.2 Å². The van der Waals surface area contributed by atoms with Crippen LogP contribution in [0.15, 0.2) is 30.3 Å². The Hall–Kier alpha value is -2.90. The number of nitrogens with zero attached hydrogens (tertiary/aromatic N) is 2. The Morgan fingerprint density at radius 3 is 2.59 bits per heavy atom.